The molecule has 1 atom stereocenters. The number of nitro groups is 1. The summed E-state index contributed by atoms with van der Waals surface area (Å²) in [5.74, 6) is -0.551. The number of rotatable bonds is 12. The molecular formula is C27H30N4O7S. The minimum Gasteiger partial charge on any atom is -0.497 e. The first-order valence-corrected chi connectivity index (χ1v) is 13.8. The molecule has 0 aromatic heterocycles. The van der Waals surface area contributed by atoms with E-state index in [0.717, 1.165) is 22.2 Å². The first-order chi connectivity index (χ1) is 18.5. The maximum absolute atomic E-state index is 13.9. The molecule has 0 unspecified atom stereocenters. The molecule has 0 fully saturated rings. The molecule has 0 aliphatic heterocycles. The number of sulfonamides is 1. The van der Waals surface area contributed by atoms with Gasteiger partial charge in [0.05, 0.1) is 24.0 Å². The lowest BCUT2D eigenvalue weighted by molar-refractivity contribution is -0.384. The number of methoxy groups -OCH3 is 1. The van der Waals surface area contributed by atoms with Gasteiger partial charge in [-0.2, -0.15) is 0 Å². The Morgan fingerprint density at radius 1 is 1.00 bits per heavy atom. The van der Waals surface area contributed by atoms with Crippen molar-refractivity contribution in [2.45, 2.75) is 19.0 Å². The molecule has 12 heteroatoms. The third-order valence-electron chi connectivity index (χ3n) is 6.01. The Kier molecular flexibility index (Phi) is 9.61. The second kappa shape index (κ2) is 12.9. The van der Waals surface area contributed by atoms with E-state index in [-0.39, 0.29) is 24.3 Å². The van der Waals surface area contributed by atoms with Gasteiger partial charge >= 0.3 is 0 Å². The molecule has 0 saturated carbocycles. The fourth-order valence-electron chi connectivity index (χ4n) is 4.06. The molecule has 3 aromatic carbocycles. The quantitative estimate of drug-likeness (QED) is 0.268. The molecule has 3 aromatic rings. The zero-order valence-corrected chi connectivity index (χ0v) is 22.6. The van der Waals surface area contributed by atoms with Gasteiger partial charge in [-0.15, -0.1) is 0 Å². The maximum atomic E-state index is 13.9. The van der Waals surface area contributed by atoms with Crippen LogP contribution in [0.1, 0.15) is 11.1 Å². The summed E-state index contributed by atoms with van der Waals surface area (Å²) in [6, 6.07) is 20.1. The summed E-state index contributed by atoms with van der Waals surface area (Å²) < 4.78 is 31.6. The van der Waals surface area contributed by atoms with Crippen molar-refractivity contribution in [3.63, 3.8) is 0 Å². The number of hydrogen-bond donors (Lipinski definition) is 1. The number of amides is 2. The van der Waals surface area contributed by atoms with Crippen LogP contribution in [0.25, 0.3) is 0 Å². The molecule has 0 heterocycles. The van der Waals surface area contributed by atoms with Crippen molar-refractivity contribution >= 4 is 33.2 Å². The lowest BCUT2D eigenvalue weighted by Crippen LogP contribution is -2.52. The van der Waals surface area contributed by atoms with Gasteiger partial charge in [-0.1, -0.05) is 48.5 Å². The molecule has 0 radical (unpaired) electrons. The SMILES string of the molecule is CNC(=O)[C@@H](Cc1ccccc1)N(Cc1cccc(OC)c1)C(=O)CN(c1cccc([N+](=O)[O-])c1)S(C)(=O)=O. The number of carbonyl (C=O) groups is 2. The number of nitrogens with zero attached hydrogens (tertiary/aromatic N) is 3. The Hall–Kier alpha value is -4.45. The highest BCUT2D eigenvalue weighted by Crippen LogP contribution is 2.24. The summed E-state index contributed by atoms with van der Waals surface area (Å²) in [6.45, 7) is -0.695. The average Bonchev–Trinajstić information content (AvgIpc) is 2.93. The Bertz CT molecular complexity index is 1430. The van der Waals surface area contributed by atoms with Crippen LogP contribution in [0, 0.1) is 10.1 Å². The number of nitro benzene ring substituents is 1. The molecular weight excluding hydrogens is 524 g/mol. The monoisotopic (exact) mass is 554 g/mol. The Morgan fingerprint density at radius 3 is 2.28 bits per heavy atom. The van der Waals surface area contributed by atoms with E-state index in [2.05, 4.69) is 5.32 Å². The van der Waals surface area contributed by atoms with E-state index in [1.165, 1.54) is 37.3 Å². The van der Waals surface area contributed by atoms with Crippen molar-refractivity contribution in [3.05, 3.63) is 100 Å². The number of likely N-dealkylation sites (N-methyl/N-ethyl adjacent to an activating group) is 1. The van der Waals surface area contributed by atoms with Gasteiger partial charge in [0.15, 0.2) is 0 Å². The zero-order chi connectivity index (χ0) is 28.6. The van der Waals surface area contributed by atoms with Crippen LogP contribution in [0.3, 0.4) is 0 Å². The van der Waals surface area contributed by atoms with Crippen molar-refractivity contribution in [2.24, 2.45) is 0 Å². The zero-order valence-electron chi connectivity index (χ0n) is 21.8. The highest BCUT2D eigenvalue weighted by molar-refractivity contribution is 7.92. The molecule has 2 amide bonds. The molecule has 206 valence electrons. The van der Waals surface area contributed by atoms with Crippen LogP contribution in [-0.2, 0) is 32.6 Å². The van der Waals surface area contributed by atoms with Crippen LogP contribution in [0.15, 0.2) is 78.9 Å². The first-order valence-electron chi connectivity index (χ1n) is 11.9. The Morgan fingerprint density at radius 2 is 1.67 bits per heavy atom. The smallest absolute Gasteiger partial charge is 0.271 e. The molecule has 3 rings (SSSR count). The van der Waals surface area contributed by atoms with Gasteiger partial charge in [0, 0.05) is 32.1 Å². The molecule has 39 heavy (non-hydrogen) atoms. The van der Waals surface area contributed by atoms with Gasteiger partial charge in [0.1, 0.15) is 18.3 Å². The van der Waals surface area contributed by atoms with Gasteiger partial charge in [-0.25, -0.2) is 8.42 Å². The molecule has 0 bridgehead atoms. The van der Waals surface area contributed by atoms with Crippen molar-refractivity contribution in [1.29, 1.82) is 0 Å². The third kappa shape index (κ3) is 7.77. The lowest BCUT2D eigenvalue weighted by Gasteiger charge is -2.33. The summed E-state index contributed by atoms with van der Waals surface area (Å²) in [4.78, 5) is 38.9. The van der Waals surface area contributed by atoms with Gasteiger partial charge < -0.3 is 15.0 Å². The topological polar surface area (TPSA) is 139 Å². The largest absolute Gasteiger partial charge is 0.497 e. The summed E-state index contributed by atoms with van der Waals surface area (Å²) in [5.41, 5.74) is 1.09. The van der Waals surface area contributed by atoms with Crippen molar-refractivity contribution in [1.82, 2.24) is 10.2 Å². The number of non-ortho nitro benzene ring substituents is 1. The second-order valence-electron chi connectivity index (χ2n) is 8.74. The van der Waals surface area contributed by atoms with Crippen LogP contribution < -0.4 is 14.4 Å². The van der Waals surface area contributed by atoms with E-state index in [0.29, 0.717) is 11.3 Å². The van der Waals surface area contributed by atoms with E-state index in [1.54, 1.807) is 24.3 Å². The van der Waals surface area contributed by atoms with Crippen LogP contribution in [0.4, 0.5) is 11.4 Å². The number of hydrogen-bond acceptors (Lipinski definition) is 7. The van der Waals surface area contributed by atoms with Gasteiger partial charge in [0.25, 0.3) is 5.69 Å². The van der Waals surface area contributed by atoms with Crippen molar-refractivity contribution < 1.29 is 27.7 Å². The minimum absolute atomic E-state index is 0.0203. The van der Waals surface area contributed by atoms with Gasteiger partial charge in [-0.05, 0) is 29.3 Å². The Balaban J connectivity index is 2.05. The maximum Gasteiger partial charge on any atom is 0.271 e. The fourth-order valence-corrected chi connectivity index (χ4v) is 4.90. The summed E-state index contributed by atoms with van der Waals surface area (Å²) in [5, 5.41) is 13.9. The highest BCUT2D eigenvalue weighted by Gasteiger charge is 2.33. The van der Waals surface area contributed by atoms with E-state index >= 15 is 0 Å². The normalized spacial score (nSPS) is 11.8. The second-order valence-corrected chi connectivity index (χ2v) is 10.6. The predicted octanol–water partition coefficient (Wildman–Crippen LogP) is 2.76. The predicted molar refractivity (Wildman–Crippen MR) is 147 cm³/mol. The Labute approximate surface area is 227 Å². The number of benzene rings is 3. The van der Waals surface area contributed by atoms with E-state index in [4.69, 9.17) is 4.74 Å². The fraction of sp³-hybridized carbons (Fsp3) is 0.259. The highest BCUT2D eigenvalue weighted by atomic mass is 32.2. The van der Waals surface area contributed by atoms with Crippen LogP contribution in [-0.4, -0.2) is 63.1 Å². The number of nitrogens with one attached hydrogen (secondary N) is 1. The molecule has 11 nitrogen and oxygen atoms in total. The number of carbonyl (C=O) groups excluding carboxylic acids is 2. The van der Waals surface area contributed by atoms with E-state index in [9.17, 15) is 28.1 Å². The molecule has 0 aliphatic rings. The number of ether oxygens (including phenoxy) is 1. The van der Waals surface area contributed by atoms with Crippen molar-refractivity contribution in [3.8, 4) is 5.75 Å². The molecule has 0 spiro atoms. The van der Waals surface area contributed by atoms with Gasteiger partial charge in [0.2, 0.25) is 21.8 Å². The van der Waals surface area contributed by atoms with Gasteiger partial charge in [-0.3, -0.25) is 24.0 Å². The standard InChI is InChI=1S/C27H30N4O7S/c1-28-27(33)25(16-20-9-5-4-6-10-20)29(18-21-11-7-14-24(15-21)38-2)26(32)19-30(39(3,36)37)22-12-8-13-23(17-22)31(34)35/h4-15,17,25H,16,18-19H2,1-3H3,(H,28,33)/t25-/m1/s1. The molecule has 0 aliphatic carbocycles. The summed E-state index contributed by atoms with van der Waals surface area (Å²) in [7, 11) is -1.07. The third-order valence-corrected chi connectivity index (χ3v) is 7.15. The minimum atomic E-state index is -4.04. The number of anilines is 1. The first kappa shape index (κ1) is 29.1. The van der Waals surface area contributed by atoms with Crippen molar-refractivity contribution in [2.75, 3.05) is 31.3 Å². The lowest BCUT2D eigenvalue weighted by atomic mass is 10.0. The van der Waals surface area contributed by atoms with E-state index in [1.807, 2.05) is 30.3 Å². The van der Waals surface area contributed by atoms with E-state index < -0.39 is 39.3 Å². The molecule has 0 saturated heterocycles. The van der Waals surface area contributed by atoms with Crippen LogP contribution >= 0.6 is 0 Å². The summed E-state index contributed by atoms with van der Waals surface area (Å²) >= 11 is 0. The van der Waals surface area contributed by atoms with Crippen LogP contribution in [0.2, 0.25) is 0 Å². The molecule has 1 N–H and O–H groups in total. The van der Waals surface area contributed by atoms with Crippen LogP contribution in [0.5, 0.6) is 5.75 Å². The summed E-state index contributed by atoms with van der Waals surface area (Å²) in [6.07, 6.45) is 1.08. The average molecular weight is 555 g/mol.